The molecule has 1 aliphatic heterocycles. The summed E-state index contributed by atoms with van der Waals surface area (Å²) in [5, 5.41) is 34.0. The molecule has 2 aromatic heterocycles. The third kappa shape index (κ3) is 4.46. The number of likely N-dealkylation sites (N-methyl/N-ethyl adjacent to an activating group) is 1. The van der Waals surface area contributed by atoms with E-state index in [0.29, 0.717) is 17.8 Å². The Morgan fingerprint density at radius 2 is 1.90 bits per heavy atom. The molecular formula is C22H26N8O. The maximum Gasteiger partial charge on any atom is 0.148 e. The Morgan fingerprint density at radius 3 is 2.65 bits per heavy atom. The van der Waals surface area contributed by atoms with Crippen molar-refractivity contribution in [3.8, 4) is 0 Å². The molecule has 0 aliphatic carbocycles. The Hall–Kier alpha value is -3.59. The average molecular weight is 419 g/mol. The summed E-state index contributed by atoms with van der Waals surface area (Å²) in [7, 11) is 2.14. The van der Waals surface area contributed by atoms with Gasteiger partial charge in [-0.2, -0.15) is 5.10 Å². The number of hydrogen-bond donors (Lipinski definition) is 3. The van der Waals surface area contributed by atoms with Crippen LogP contribution in [0.2, 0.25) is 0 Å². The highest BCUT2D eigenvalue weighted by Crippen LogP contribution is 2.22. The summed E-state index contributed by atoms with van der Waals surface area (Å²) < 4.78 is 1.26. The van der Waals surface area contributed by atoms with Crippen molar-refractivity contribution in [1.82, 2.24) is 19.7 Å². The molecule has 0 spiro atoms. The summed E-state index contributed by atoms with van der Waals surface area (Å²) in [5.74, 6) is 0.167. The van der Waals surface area contributed by atoms with E-state index < -0.39 is 0 Å². The number of oxime groups is 1. The van der Waals surface area contributed by atoms with E-state index in [9.17, 15) is 0 Å². The second-order valence-corrected chi connectivity index (χ2v) is 7.84. The largest absolute Gasteiger partial charge is 0.411 e. The summed E-state index contributed by atoms with van der Waals surface area (Å²) in [5.41, 5.74) is 3.82. The van der Waals surface area contributed by atoms with Gasteiger partial charge in [-0.1, -0.05) is 11.2 Å². The first-order valence-electron chi connectivity index (χ1n) is 10.2. The lowest BCUT2D eigenvalue weighted by Gasteiger charge is -2.33. The molecule has 1 aliphatic rings. The molecule has 1 aromatic carbocycles. The first-order chi connectivity index (χ1) is 14.9. The summed E-state index contributed by atoms with van der Waals surface area (Å²) >= 11 is 0. The van der Waals surface area contributed by atoms with Crippen LogP contribution in [0.5, 0.6) is 0 Å². The van der Waals surface area contributed by atoms with Crippen LogP contribution in [0.4, 0.5) is 5.69 Å². The highest BCUT2D eigenvalue weighted by atomic mass is 16.4. The molecule has 0 bridgehead atoms. The number of anilines is 1. The van der Waals surface area contributed by atoms with Crippen LogP contribution >= 0.6 is 0 Å². The predicted molar refractivity (Wildman–Crippen MR) is 120 cm³/mol. The quantitative estimate of drug-likeness (QED) is 0.259. The molecule has 0 unspecified atom stereocenters. The number of benzene rings is 1. The summed E-state index contributed by atoms with van der Waals surface area (Å²) in [4.78, 5) is 9.29. The molecule has 9 heteroatoms. The molecule has 9 nitrogen and oxygen atoms in total. The van der Waals surface area contributed by atoms with Crippen molar-refractivity contribution in [3.05, 3.63) is 59.3 Å². The lowest BCUT2D eigenvalue weighted by molar-refractivity contribution is 0.313. The highest BCUT2D eigenvalue weighted by Gasteiger charge is 2.15. The number of pyridine rings is 1. The molecule has 160 valence electrons. The zero-order valence-electron chi connectivity index (χ0n) is 17.7. The topological polar surface area (TPSA) is 117 Å². The van der Waals surface area contributed by atoms with E-state index in [1.54, 1.807) is 13.0 Å². The number of rotatable bonds is 4. The van der Waals surface area contributed by atoms with Gasteiger partial charge in [0, 0.05) is 38.0 Å². The van der Waals surface area contributed by atoms with Crippen LogP contribution in [0.1, 0.15) is 18.2 Å². The molecule has 3 heterocycles. The Bertz CT molecular complexity index is 1210. The van der Waals surface area contributed by atoms with Gasteiger partial charge in [0.2, 0.25) is 0 Å². The minimum absolute atomic E-state index is 0.0966. The lowest BCUT2D eigenvalue weighted by atomic mass is 10.1. The predicted octanol–water partition coefficient (Wildman–Crippen LogP) is 1.93. The zero-order valence-corrected chi connectivity index (χ0v) is 17.7. The van der Waals surface area contributed by atoms with E-state index >= 15 is 0 Å². The number of hydrogen-bond acceptors (Lipinski definition) is 8. The van der Waals surface area contributed by atoms with Gasteiger partial charge in [-0.15, -0.1) is 0 Å². The number of fused-ring (bicyclic) bond motifs is 1. The van der Waals surface area contributed by atoms with E-state index in [2.05, 4.69) is 38.2 Å². The fourth-order valence-corrected chi connectivity index (χ4v) is 3.66. The SMILES string of the molecule is C/C(=N\O)c1ccc(=N)n(C(=N)Cc2ccc3ncc(N4CCN(C)CC4)cc3c2)n1. The molecule has 0 amide bonds. The lowest BCUT2D eigenvalue weighted by Crippen LogP contribution is -2.44. The van der Waals surface area contributed by atoms with E-state index in [1.807, 2.05) is 24.4 Å². The smallest absolute Gasteiger partial charge is 0.148 e. The van der Waals surface area contributed by atoms with E-state index in [-0.39, 0.29) is 11.3 Å². The Labute approximate surface area is 180 Å². The van der Waals surface area contributed by atoms with Crippen molar-refractivity contribution < 1.29 is 5.21 Å². The first-order valence-corrected chi connectivity index (χ1v) is 10.2. The van der Waals surface area contributed by atoms with Gasteiger partial charge in [0.15, 0.2) is 0 Å². The van der Waals surface area contributed by atoms with Crippen LogP contribution in [0, 0.1) is 10.8 Å². The summed E-state index contributed by atoms with van der Waals surface area (Å²) in [6, 6.07) is 11.3. The zero-order chi connectivity index (χ0) is 22.0. The number of nitrogens with zero attached hydrogens (tertiary/aromatic N) is 6. The van der Waals surface area contributed by atoms with Gasteiger partial charge in [-0.25, -0.2) is 4.68 Å². The van der Waals surface area contributed by atoms with Crippen LogP contribution in [0.3, 0.4) is 0 Å². The summed E-state index contributed by atoms with van der Waals surface area (Å²) in [6.45, 7) is 5.65. The Morgan fingerprint density at radius 1 is 1.13 bits per heavy atom. The van der Waals surface area contributed by atoms with Crippen LogP contribution in [-0.2, 0) is 6.42 Å². The monoisotopic (exact) mass is 418 g/mol. The van der Waals surface area contributed by atoms with Gasteiger partial charge in [0.25, 0.3) is 0 Å². The van der Waals surface area contributed by atoms with Crippen molar-refractivity contribution in [2.45, 2.75) is 13.3 Å². The summed E-state index contributed by atoms with van der Waals surface area (Å²) in [6.07, 6.45) is 2.25. The van der Waals surface area contributed by atoms with Crippen LogP contribution < -0.4 is 10.4 Å². The average Bonchev–Trinajstić information content (AvgIpc) is 2.78. The normalized spacial score (nSPS) is 15.4. The van der Waals surface area contributed by atoms with Crippen LogP contribution in [0.25, 0.3) is 10.9 Å². The molecule has 4 rings (SSSR count). The number of aromatic nitrogens is 3. The van der Waals surface area contributed by atoms with Gasteiger partial charge in [-0.3, -0.25) is 15.8 Å². The standard InChI is InChI=1S/C22H26N8O/c1-15(27-31)19-5-6-21(23)30(26-19)22(24)12-16-3-4-20-17(11-16)13-18(14-25-20)29-9-7-28(2)8-10-29/h3-6,11,13-14,23-24,31H,7-10,12H2,1-2H3/b23-21?,24-22?,27-15+. The van der Waals surface area contributed by atoms with Crippen LogP contribution in [-0.4, -0.2) is 69.6 Å². The number of piperazine rings is 1. The Balaban J connectivity index is 1.58. The van der Waals surface area contributed by atoms with E-state index in [0.717, 1.165) is 48.3 Å². The maximum absolute atomic E-state index is 8.98. The third-order valence-corrected chi connectivity index (χ3v) is 5.58. The minimum Gasteiger partial charge on any atom is -0.411 e. The molecule has 31 heavy (non-hydrogen) atoms. The molecule has 0 radical (unpaired) electrons. The highest BCUT2D eigenvalue weighted by molar-refractivity contribution is 5.96. The fourth-order valence-electron chi connectivity index (χ4n) is 3.66. The fraction of sp³-hybridized carbons (Fsp3) is 0.318. The van der Waals surface area contributed by atoms with Crippen molar-refractivity contribution >= 4 is 28.1 Å². The van der Waals surface area contributed by atoms with Gasteiger partial charge < -0.3 is 15.0 Å². The molecule has 3 aromatic rings. The van der Waals surface area contributed by atoms with Gasteiger partial charge in [0.1, 0.15) is 22.7 Å². The van der Waals surface area contributed by atoms with Crippen molar-refractivity contribution in [3.63, 3.8) is 0 Å². The first kappa shape index (κ1) is 20.7. The molecule has 0 saturated carbocycles. The van der Waals surface area contributed by atoms with Crippen molar-refractivity contribution in [1.29, 1.82) is 10.8 Å². The second kappa shape index (κ2) is 8.65. The molecular weight excluding hydrogens is 392 g/mol. The van der Waals surface area contributed by atoms with E-state index in [4.69, 9.17) is 16.0 Å². The van der Waals surface area contributed by atoms with Crippen molar-refractivity contribution in [2.24, 2.45) is 5.16 Å². The van der Waals surface area contributed by atoms with Crippen LogP contribution in [0.15, 0.2) is 47.8 Å². The van der Waals surface area contributed by atoms with Crippen molar-refractivity contribution in [2.75, 3.05) is 38.1 Å². The third-order valence-electron chi connectivity index (χ3n) is 5.58. The minimum atomic E-state index is 0.0966. The molecule has 1 saturated heterocycles. The molecule has 3 N–H and O–H groups in total. The van der Waals surface area contributed by atoms with Gasteiger partial charge in [-0.05, 0) is 49.9 Å². The second-order valence-electron chi connectivity index (χ2n) is 7.84. The van der Waals surface area contributed by atoms with Gasteiger partial charge >= 0.3 is 0 Å². The molecule has 0 atom stereocenters. The Kier molecular flexibility index (Phi) is 5.77. The number of nitrogens with one attached hydrogen (secondary N) is 2. The molecule has 1 fully saturated rings. The van der Waals surface area contributed by atoms with E-state index in [1.165, 1.54) is 10.7 Å². The maximum atomic E-state index is 8.98. The van der Waals surface area contributed by atoms with Gasteiger partial charge in [0.05, 0.1) is 17.4 Å².